The minimum atomic E-state index is -0.656. The number of hydrogen-bond acceptors (Lipinski definition) is 5. The molecular formula is C28H57NO5. The van der Waals surface area contributed by atoms with E-state index in [9.17, 15) is 4.79 Å². The zero-order valence-corrected chi connectivity index (χ0v) is 22.3. The number of aliphatic carboxylic acids is 1. The number of unbranched alkanes of at least 4 members (excludes halogenated alkanes) is 15. The summed E-state index contributed by atoms with van der Waals surface area (Å²) in [5, 5.41) is 34.0. The van der Waals surface area contributed by atoms with Crippen molar-refractivity contribution in [3.05, 3.63) is 12.2 Å². The molecule has 0 amide bonds. The first-order chi connectivity index (χ1) is 16.6. The van der Waals surface area contributed by atoms with Crippen molar-refractivity contribution in [1.82, 2.24) is 4.90 Å². The van der Waals surface area contributed by atoms with Gasteiger partial charge in [-0.2, -0.15) is 0 Å². The maximum absolute atomic E-state index is 10.4. The summed E-state index contributed by atoms with van der Waals surface area (Å²) >= 11 is 0. The van der Waals surface area contributed by atoms with Gasteiger partial charge in [-0.05, 0) is 32.1 Å². The number of rotatable bonds is 25. The van der Waals surface area contributed by atoms with Gasteiger partial charge in [0.2, 0.25) is 0 Å². The topological polar surface area (TPSA) is 101 Å². The third-order valence-electron chi connectivity index (χ3n) is 5.90. The van der Waals surface area contributed by atoms with E-state index >= 15 is 0 Å². The Kier molecular flexibility index (Phi) is 33.2. The van der Waals surface area contributed by atoms with Gasteiger partial charge in [-0.25, -0.2) is 0 Å². The number of aliphatic hydroxyl groups excluding tert-OH is 3. The fourth-order valence-electron chi connectivity index (χ4n) is 3.81. The first-order valence-electron chi connectivity index (χ1n) is 14.0. The molecule has 0 aromatic heterocycles. The molecule has 0 atom stereocenters. The van der Waals surface area contributed by atoms with Gasteiger partial charge in [0.05, 0.1) is 19.8 Å². The predicted molar refractivity (Wildman–Crippen MR) is 143 cm³/mol. The third kappa shape index (κ3) is 33.2. The molecule has 0 rings (SSSR count). The summed E-state index contributed by atoms with van der Waals surface area (Å²) in [6.45, 7) is 4.03. The Hall–Kier alpha value is -0.950. The number of carboxylic acid groups (broad SMARTS) is 1. The fourth-order valence-corrected chi connectivity index (χ4v) is 3.81. The monoisotopic (exact) mass is 487 g/mol. The lowest BCUT2D eigenvalue weighted by atomic mass is 10.1. The van der Waals surface area contributed by atoms with Gasteiger partial charge >= 0.3 is 5.97 Å². The van der Waals surface area contributed by atoms with Gasteiger partial charge in [-0.15, -0.1) is 0 Å². The minimum absolute atomic E-state index is 0.0694. The number of carbonyl (C=O) groups is 1. The molecule has 6 nitrogen and oxygen atoms in total. The van der Waals surface area contributed by atoms with Gasteiger partial charge < -0.3 is 20.4 Å². The lowest BCUT2D eigenvalue weighted by Crippen LogP contribution is -2.32. The van der Waals surface area contributed by atoms with Crippen molar-refractivity contribution >= 4 is 5.97 Å². The van der Waals surface area contributed by atoms with E-state index in [0.717, 1.165) is 12.8 Å². The highest BCUT2D eigenvalue weighted by molar-refractivity contribution is 5.66. The molecule has 0 aliphatic rings. The lowest BCUT2D eigenvalue weighted by Gasteiger charge is -2.17. The first-order valence-corrected chi connectivity index (χ1v) is 14.0. The molecule has 0 saturated carbocycles. The van der Waals surface area contributed by atoms with Crippen molar-refractivity contribution in [3.8, 4) is 0 Å². The van der Waals surface area contributed by atoms with Gasteiger partial charge in [0.25, 0.3) is 0 Å². The summed E-state index contributed by atoms with van der Waals surface area (Å²) in [6, 6.07) is 0. The Morgan fingerprint density at radius 2 is 0.941 bits per heavy atom. The Balaban J connectivity index is 0. The lowest BCUT2D eigenvalue weighted by molar-refractivity contribution is -0.137. The summed E-state index contributed by atoms with van der Waals surface area (Å²) in [4.78, 5) is 12.2. The average Bonchev–Trinajstić information content (AvgIpc) is 2.81. The SMILES string of the molecule is CCCCCCCC/C=C\CCCCCCCCCCCC(=O)O.OCCN(CCO)CCO. The normalized spacial score (nSPS) is 11.2. The van der Waals surface area contributed by atoms with E-state index in [1.807, 2.05) is 0 Å². The Morgan fingerprint density at radius 3 is 1.29 bits per heavy atom. The molecule has 0 bridgehead atoms. The van der Waals surface area contributed by atoms with Crippen molar-refractivity contribution in [2.24, 2.45) is 0 Å². The van der Waals surface area contributed by atoms with Crippen LogP contribution < -0.4 is 0 Å². The maximum Gasteiger partial charge on any atom is 0.303 e. The van der Waals surface area contributed by atoms with Crippen LogP contribution in [0.1, 0.15) is 122 Å². The summed E-state index contributed by atoms with van der Waals surface area (Å²) in [6.07, 6.45) is 27.1. The summed E-state index contributed by atoms with van der Waals surface area (Å²) in [5.74, 6) is -0.656. The quantitative estimate of drug-likeness (QED) is 0.0940. The molecule has 0 aliphatic heterocycles. The molecule has 0 saturated heterocycles. The average molecular weight is 488 g/mol. The molecule has 0 unspecified atom stereocenters. The van der Waals surface area contributed by atoms with Crippen molar-refractivity contribution in [3.63, 3.8) is 0 Å². The van der Waals surface area contributed by atoms with Gasteiger partial charge in [-0.1, -0.05) is 96.1 Å². The first kappa shape index (κ1) is 35.2. The van der Waals surface area contributed by atoms with Crippen molar-refractivity contribution in [2.75, 3.05) is 39.5 Å². The highest BCUT2D eigenvalue weighted by Gasteiger charge is 2.00. The summed E-state index contributed by atoms with van der Waals surface area (Å²) in [5.41, 5.74) is 0. The van der Waals surface area contributed by atoms with Gasteiger partial charge in [-0.3, -0.25) is 9.69 Å². The zero-order valence-electron chi connectivity index (χ0n) is 22.3. The van der Waals surface area contributed by atoms with Gasteiger partial charge in [0, 0.05) is 26.1 Å². The van der Waals surface area contributed by atoms with Crippen LogP contribution in [-0.4, -0.2) is 70.8 Å². The Labute approximate surface area is 210 Å². The van der Waals surface area contributed by atoms with Crippen LogP contribution in [0, 0.1) is 0 Å². The van der Waals surface area contributed by atoms with E-state index in [-0.39, 0.29) is 19.8 Å². The standard InChI is InChI=1S/C22H42O2.C6H15NO3/c1-2-3-4-5-6-7-8-9-10-11-12-13-14-15-16-17-18-19-20-21-22(23)24;8-4-1-7(2-5-9)3-6-10/h9-10H,2-8,11-21H2,1H3,(H,23,24);8-10H,1-6H2/b10-9-;. The molecule has 0 aliphatic carbocycles. The summed E-state index contributed by atoms with van der Waals surface area (Å²) in [7, 11) is 0. The second-order valence-electron chi connectivity index (χ2n) is 9.15. The second kappa shape index (κ2) is 32.0. The van der Waals surface area contributed by atoms with Crippen LogP contribution >= 0.6 is 0 Å². The molecule has 34 heavy (non-hydrogen) atoms. The van der Waals surface area contributed by atoms with Crippen LogP contribution in [0.4, 0.5) is 0 Å². The van der Waals surface area contributed by atoms with Crippen LogP contribution in [-0.2, 0) is 4.79 Å². The minimum Gasteiger partial charge on any atom is -0.481 e. The molecule has 0 spiro atoms. The van der Waals surface area contributed by atoms with Crippen LogP contribution in [0.2, 0.25) is 0 Å². The van der Waals surface area contributed by atoms with E-state index in [1.165, 1.54) is 96.3 Å². The number of nitrogens with zero attached hydrogens (tertiary/aromatic N) is 1. The molecule has 0 aromatic carbocycles. The smallest absolute Gasteiger partial charge is 0.303 e. The number of allylic oxidation sites excluding steroid dienone is 2. The highest BCUT2D eigenvalue weighted by atomic mass is 16.4. The molecule has 0 fully saturated rings. The van der Waals surface area contributed by atoms with Gasteiger partial charge in [0.15, 0.2) is 0 Å². The Morgan fingerprint density at radius 1 is 0.588 bits per heavy atom. The molecule has 0 heterocycles. The molecule has 204 valence electrons. The second-order valence-corrected chi connectivity index (χ2v) is 9.15. The Bertz CT molecular complexity index is 403. The number of hydrogen-bond donors (Lipinski definition) is 4. The van der Waals surface area contributed by atoms with Crippen LogP contribution in [0.5, 0.6) is 0 Å². The molecule has 0 aromatic rings. The maximum atomic E-state index is 10.4. The van der Waals surface area contributed by atoms with E-state index < -0.39 is 5.97 Å². The molecule has 0 radical (unpaired) electrons. The van der Waals surface area contributed by atoms with Crippen LogP contribution in [0.15, 0.2) is 12.2 Å². The van der Waals surface area contributed by atoms with E-state index in [1.54, 1.807) is 4.90 Å². The zero-order chi connectivity index (χ0) is 25.5. The van der Waals surface area contributed by atoms with Crippen molar-refractivity contribution < 1.29 is 25.2 Å². The fraction of sp³-hybridized carbons (Fsp3) is 0.893. The summed E-state index contributed by atoms with van der Waals surface area (Å²) < 4.78 is 0. The van der Waals surface area contributed by atoms with Crippen molar-refractivity contribution in [2.45, 2.75) is 122 Å². The third-order valence-corrected chi connectivity index (χ3v) is 5.90. The largest absolute Gasteiger partial charge is 0.481 e. The van der Waals surface area contributed by atoms with Crippen LogP contribution in [0.25, 0.3) is 0 Å². The van der Waals surface area contributed by atoms with E-state index in [0.29, 0.717) is 26.1 Å². The molecule has 4 N–H and O–H groups in total. The van der Waals surface area contributed by atoms with Gasteiger partial charge in [0.1, 0.15) is 0 Å². The predicted octanol–water partition coefficient (Wildman–Crippen LogP) is 5.93. The number of carboxylic acids is 1. The molecular weight excluding hydrogens is 430 g/mol. The highest BCUT2D eigenvalue weighted by Crippen LogP contribution is 2.12. The van der Waals surface area contributed by atoms with Crippen molar-refractivity contribution in [1.29, 1.82) is 0 Å². The molecule has 6 heteroatoms. The van der Waals surface area contributed by atoms with Crippen LogP contribution in [0.3, 0.4) is 0 Å². The van der Waals surface area contributed by atoms with E-state index in [2.05, 4.69) is 19.1 Å². The van der Waals surface area contributed by atoms with E-state index in [4.69, 9.17) is 20.4 Å². The number of aliphatic hydroxyl groups is 3.